The quantitative estimate of drug-likeness (QED) is 0.883. The van der Waals surface area contributed by atoms with Gasteiger partial charge in [0, 0.05) is 18.4 Å². The van der Waals surface area contributed by atoms with Crippen LogP contribution in [0, 0.1) is 11.8 Å². The van der Waals surface area contributed by atoms with E-state index in [4.69, 9.17) is 0 Å². The first-order valence-corrected chi connectivity index (χ1v) is 8.70. The molecule has 1 fully saturated rings. The van der Waals surface area contributed by atoms with Gasteiger partial charge < -0.3 is 15.3 Å². The number of nitrogens with one attached hydrogen (secondary N) is 1. The number of anilines is 2. The lowest BCUT2D eigenvalue weighted by molar-refractivity contribution is -0.147. The summed E-state index contributed by atoms with van der Waals surface area (Å²) >= 11 is 0. The summed E-state index contributed by atoms with van der Waals surface area (Å²) in [6.07, 6.45) is 2.87. The van der Waals surface area contributed by atoms with Gasteiger partial charge in [0.1, 0.15) is 0 Å². The number of likely N-dealkylation sites (N-methyl/N-ethyl adjacent to an activating group) is 1. The summed E-state index contributed by atoms with van der Waals surface area (Å²) in [5.74, 6) is -2.25. The van der Waals surface area contributed by atoms with Crippen LogP contribution in [-0.2, 0) is 19.8 Å². The number of fused-ring (bicyclic) bond motifs is 1. The van der Waals surface area contributed by atoms with Crippen molar-refractivity contribution >= 4 is 29.2 Å². The second kappa shape index (κ2) is 6.17. The number of carboxylic acid groups (broad SMARTS) is 1. The average molecular weight is 344 g/mol. The van der Waals surface area contributed by atoms with Crippen molar-refractivity contribution in [2.45, 2.75) is 44.9 Å². The molecule has 2 aliphatic rings. The minimum atomic E-state index is -0.901. The van der Waals surface area contributed by atoms with E-state index in [0.717, 1.165) is 24.1 Å². The van der Waals surface area contributed by atoms with E-state index in [2.05, 4.69) is 5.32 Å². The summed E-state index contributed by atoms with van der Waals surface area (Å²) in [5, 5.41) is 12.2. The third-order valence-electron chi connectivity index (χ3n) is 5.56. The molecule has 2 amide bonds. The third-order valence-corrected chi connectivity index (χ3v) is 5.56. The van der Waals surface area contributed by atoms with Crippen molar-refractivity contribution in [1.82, 2.24) is 0 Å². The predicted molar refractivity (Wildman–Crippen MR) is 94.6 cm³/mol. The zero-order chi connectivity index (χ0) is 18.4. The largest absolute Gasteiger partial charge is 0.481 e. The van der Waals surface area contributed by atoms with Crippen LogP contribution >= 0.6 is 0 Å². The number of rotatable bonds is 3. The van der Waals surface area contributed by atoms with E-state index in [9.17, 15) is 19.5 Å². The van der Waals surface area contributed by atoms with Gasteiger partial charge >= 0.3 is 5.97 Å². The van der Waals surface area contributed by atoms with Gasteiger partial charge in [0.15, 0.2) is 0 Å². The first kappa shape index (κ1) is 17.5. The van der Waals surface area contributed by atoms with Crippen molar-refractivity contribution in [3.05, 3.63) is 23.8 Å². The number of carboxylic acids is 1. The van der Waals surface area contributed by atoms with Gasteiger partial charge in [-0.25, -0.2) is 0 Å². The summed E-state index contributed by atoms with van der Waals surface area (Å²) in [7, 11) is 1.74. The molecule has 0 radical (unpaired) electrons. The van der Waals surface area contributed by atoms with Crippen LogP contribution in [0.2, 0.25) is 0 Å². The third kappa shape index (κ3) is 2.90. The van der Waals surface area contributed by atoms with Gasteiger partial charge in [-0.15, -0.1) is 0 Å². The monoisotopic (exact) mass is 344 g/mol. The molecule has 25 heavy (non-hydrogen) atoms. The van der Waals surface area contributed by atoms with E-state index >= 15 is 0 Å². The van der Waals surface area contributed by atoms with Gasteiger partial charge in [-0.1, -0.05) is 12.8 Å². The number of benzene rings is 1. The number of carbonyl (C=O) groups excluding carboxylic acids is 2. The fraction of sp³-hybridized carbons (Fsp3) is 0.526. The highest BCUT2D eigenvalue weighted by molar-refractivity contribution is 6.08. The van der Waals surface area contributed by atoms with Gasteiger partial charge in [-0.3, -0.25) is 14.4 Å². The smallest absolute Gasteiger partial charge is 0.307 e. The summed E-state index contributed by atoms with van der Waals surface area (Å²) in [5.41, 5.74) is 1.68. The topological polar surface area (TPSA) is 86.7 Å². The molecule has 1 aliphatic heterocycles. The summed E-state index contributed by atoms with van der Waals surface area (Å²) in [4.78, 5) is 38.0. The van der Waals surface area contributed by atoms with E-state index in [-0.39, 0.29) is 11.8 Å². The lowest BCUT2D eigenvalue weighted by atomic mass is 9.78. The minimum Gasteiger partial charge on any atom is -0.481 e. The Hall–Kier alpha value is -2.37. The zero-order valence-electron chi connectivity index (χ0n) is 14.8. The molecular weight excluding hydrogens is 320 g/mol. The van der Waals surface area contributed by atoms with Crippen LogP contribution in [-0.4, -0.2) is 29.9 Å². The van der Waals surface area contributed by atoms with Gasteiger partial charge in [0.2, 0.25) is 11.8 Å². The average Bonchev–Trinajstić information content (AvgIpc) is 2.75. The zero-order valence-corrected chi connectivity index (χ0v) is 14.8. The minimum absolute atomic E-state index is 0.0178. The van der Waals surface area contributed by atoms with E-state index in [1.165, 1.54) is 0 Å². The standard InChI is InChI=1S/C19H24N2O4/c1-19(2)14-10-11(8-9-15(14)21(3)18(19)25)20-16(22)12-6-4-5-7-13(12)17(23)24/h8-10,12-13H,4-7H2,1-3H3,(H,20,22)(H,23,24)/t12-,13-/m0/s1. The molecule has 0 unspecified atom stereocenters. The molecule has 1 aliphatic carbocycles. The molecule has 1 aromatic rings. The summed E-state index contributed by atoms with van der Waals surface area (Å²) in [6.45, 7) is 3.73. The highest BCUT2D eigenvalue weighted by Crippen LogP contribution is 2.42. The van der Waals surface area contributed by atoms with Crippen molar-refractivity contribution in [3.8, 4) is 0 Å². The fourth-order valence-electron chi connectivity index (χ4n) is 4.03. The Morgan fingerprint density at radius 2 is 1.84 bits per heavy atom. The molecule has 0 saturated heterocycles. The van der Waals surface area contributed by atoms with Gasteiger partial charge in [0.05, 0.1) is 17.3 Å². The van der Waals surface area contributed by atoms with Gasteiger partial charge in [-0.05, 0) is 50.5 Å². The number of nitrogens with zero attached hydrogens (tertiary/aromatic N) is 1. The second-order valence-corrected chi connectivity index (χ2v) is 7.55. The molecule has 1 heterocycles. The van der Waals surface area contributed by atoms with Crippen LogP contribution < -0.4 is 10.2 Å². The normalized spacial score (nSPS) is 24.8. The Morgan fingerprint density at radius 3 is 2.48 bits per heavy atom. The van der Waals surface area contributed by atoms with E-state index < -0.39 is 23.2 Å². The van der Waals surface area contributed by atoms with E-state index in [0.29, 0.717) is 18.5 Å². The van der Waals surface area contributed by atoms with Crippen LogP contribution in [0.25, 0.3) is 0 Å². The molecule has 3 rings (SSSR count). The Labute approximate surface area is 147 Å². The SMILES string of the molecule is CN1C(=O)C(C)(C)c2cc(NC(=O)[C@H]3CCCC[C@@H]3C(=O)O)ccc21. The van der Waals surface area contributed by atoms with E-state index in [1.54, 1.807) is 18.0 Å². The van der Waals surface area contributed by atoms with Crippen LogP contribution in [0.5, 0.6) is 0 Å². The molecule has 0 aromatic heterocycles. The molecule has 134 valence electrons. The van der Waals surface area contributed by atoms with E-state index in [1.807, 2.05) is 26.0 Å². The maximum Gasteiger partial charge on any atom is 0.307 e. The van der Waals surface area contributed by atoms with Crippen molar-refractivity contribution in [2.24, 2.45) is 11.8 Å². The molecule has 1 saturated carbocycles. The molecule has 0 spiro atoms. The molecule has 2 N–H and O–H groups in total. The van der Waals surface area contributed by atoms with Crippen LogP contribution in [0.4, 0.5) is 11.4 Å². The summed E-state index contributed by atoms with van der Waals surface area (Å²) < 4.78 is 0. The molecule has 1 aromatic carbocycles. The Balaban J connectivity index is 1.83. The van der Waals surface area contributed by atoms with Crippen molar-refractivity contribution < 1.29 is 19.5 Å². The molecule has 6 heteroatoms. The predicted octanol–water partition coefficient (Wildman–Crippen LogP) is 2.77. The van der Waals surface area contributed by atoms with Gasteiger partial charge in [-0.2, -0.15) is 0 Å². The van der Waals surface area contributed by atoms with Crippen molar-refractivity contribution in [2.75, 3.05) is 17.3 Å². The van der Waals surface area contributed by atoms with Gasteiger partial charge in [0.25, 0.3) is 0 Å². The molecule has 2 atom stereocenters. The Kier molecular flexibility index (Phi) is 4.31. The van der Waals surface area contributed by atoms with Crippen molar-refractivity contribution in [3.63, 3.8) is 0 Å². The maximum atomic E-state index is 12.6. The number of hydrogen-bond donors (Lipinski definition) is 2. The van der Waals surface area contributed by atoms with Crippen molar-refractivity contribution in [1.29, 1.82) is 0 Å². The number of amides is 2. The fourth-order valence-corrected chi connectivity index (χ4v) is 4.03. The first-order valence-electron chi connectivity index (χ1n) is 8.70. The number of aliphatic carboxylic acids is 1. The Morgan fingerprint density at radius 1 is 1.20 bits per heavy atom. The first-order chi connectivity index (χ1) is 11.7. The Bertz CT molecular complexity index is 741. The summed E-state index contributed by atoms with van der Waals surface area (Å²) in [6, 6.07) is 5.42. The maximum absolute atomic E-state index is 12.6. The van der Waals surface area contributed by atoms with Crippen LogP contribution in [0.3, 0.4) is 0 Å². The highest BCUT2D eigenvalue weighted by atomic mass is 16.4. The number of hydrogen-bond acceptors (Lipinski definition) is 3. The van der Waals surface area contributed by atoms with Crippen LogP contribution in [0.1, 0.15) is 45.1 Å². The number of carbonyl (C=O) groups is 3. The molecular formula is C19H24N2O4. The molecule has 0 bridgehead atoms. The highest BCUT2D eigenvalue weighted by Gasteiger charge is 2.42. The molecule has 6 nitrogen and oxygen atoms in total. The lowest BCUT2D eigenvalue weighted by Gasteiger charge is -2.27. The van der Waals surface area contributed by atoms with Crippen LogP contribution in [0.15, 0.2) is 18.2 Å². The lowest BCUT2D eigenvalue weighted by Crippen LogP contribution is -2.36. The second-order valence-electron chi connectivity index (χ2n) is 7.55.